The van der Waals surface area contributed by atoms with Crippen LogP contribution in [0.15, 0.2) is 54.6 Å². The van der Waals surface area contributed by atoms with Crippen LogP contribution >= 0.6 is 0 Å². The van der Waals surface area contributed by atoms with Gasteiger partial charge in [-0.2, -0.15) is 0 Å². The highest BCUT2D eigenvalue weighted by molar-refractivity contribution is 5.92. The van der Waals surface area contributed by atoms with Gasteiger partial charge in [0.2, 0.25) is 5.91 Å². The lowest BCUT2D eigenvalue weighted by Crippen LogP contribution is -2.34. The number of nitrogens with one attached hydrogen (secondary N) is 1. The SMILES string of the molecule is Cc1nc([C@H]2CCCN(Cc3ccccc3)C2)nc(C)c1CC(=O)Nc1ccc(F)cc1. The van der Waals surface area contributed by atoms with Gasteiger partial charge in [-0.15, -0.1) is 0 Å². The average molecular weight is 433 g/mol. The van der Waals surface area contributed by atoms with Crippen molar-refractivity contribution in [3.8, 4) is 0 Å². The van der Waals surface area contributed by atoms with Gasteiger partial charge in [0.05, 0.1) is 6.42 Å². The maximum atomic E-state index is 13.1. The van der Waals surface area contributed by atoms with Crippen molar-refractivity contribution in [2.24, 2.45) is 0 Å². The summed E-state index contributed by atoms with van der Waals surface area (Å²) >= 11 is 0. The van der Waals surface area contributed by atoms with Gasteiger partial charge >= 0.3 is 0 Å². The minimum absolute atomic E-state index is 0.161. The van der Waals surface area contributed by atoms with Crippen molar-refractivity contribution in [1.29, 1.82) is 0 Å². The van der Waals surface area contributed by atoms with Gasteiger partial charge in [0.25, 0.3) is 0 Å². The van der Waals surface area contributed by atoms with Crippen molar-refractivity contribution >= 4 is 11.6 Å². The predicted octanol–water partition coefficient (Wildman–Crippen LogP) is 4.79. The Morgan fingerprint density at radius 1 is 1.06 bits per heavy atom. The maximum absolute atomic E-state index is 13.1. The molecule has 0 unspecified atom stereocenters. The Bertz CT molecular complexity index is 1050. The van der Waals surface area contributed by atoms with Crippen LogP contribution in [0.3, 0.4) is 0 Å². The number of aromatic nitrogens is 2. The zero-order chi connectivity index (χ0) is 22.5. The highest BCUT2D eigenvalue weighted by atomic mass is 19.1. The van der Waals surface area contributed by atoms with Crippen LogP contribution in [-0.2, 0) is 17.8 Å². The molecule has 5 nitrogen and oxygen atoms in total. The molecule has 1 fully saturated rings. The summed E-state index contributed by atoms with van der Waals surface area (Å²) in [4.78, 5) is 24.6. The van der Waals surface area contributed by atoms with Gasteiger partial charge < -0.3 is 5.32 Å². The number of nitrogens with zero attached hydrogens (tertiary/aromatic N) is 3. The summed E-state index contributed by atoms with van der Waals surface area (Å²) < 4.78 is 13.1. The molecule has 166 valence electrons. The monoisotopic (exact) mass is 432 g/mol. The second-order valence-corrected chi connectivity index (χ2v) is 8.52. The van der Waals surface area contributed by atoms with Crippen molar-refractivity contribution < 1.29 is 9.18 Å². The number of aryl methyl sites for hydroxylation is 2. The molecule has 3 aromatic rings. The second-order valence-electron chi connectivity index (χ2n) is 8.52. The van der Waals surface area contributed by atoms with Crippen LogP contribution in [0.25, 0.3) is 0 Å². The first-order valence-corrected chi connectivity index (χ1v) is 11.1. The van der Waals surface area contributed by atoms with Gasteiger partial charge in [-0.25, -0.2) is 14.4 Å². The molecule has 1 atom stereocenters. The number of piperidine rings is 1. The van der Waals surface area contributed by atoms with Crippen LogP contribution in [-0.4, -0.2) is 33.9 Å². The van der Waals surface area contributed by atoms with Crippen LogP contribution in [0.4, 0.5) is 10.1 Å². The zero-order valence-corrected chi connectivity index (χ0v) is 18.6. The number of carbonyl (C=O) groups excluding carboxylic acids is 1. The minimum Gasteiger partial charge on any atom is -0.326 e. The van der Waals surface area contributed by atoms with Gasteiger partial charge in [-0.05, 0) is 63.1 Å². The molecule has 2 aromatic carbocycles. The molecule has 4 rings (SSSR count). The van der Waals surface area contributed by atoms with Crippen LogP contribution < -0.4 is 5.32 Å². The van der Waals surface area contributed by atoms with E-state index in [1.165, 1.54) is 17.7 Å². The first-order chi connectivity index (χ1) is 15.5. The van der Waals surface area contributed by atoms with Crippen molar-refractivity contribution in [1.82, 2.24) is 14.9 Å². The normalized spacial score (nSPS) is 16.7. The van der Waals surface area contributed by atoms with E-state index in [-0.39, 0.29) is 18.1 Å². The van der Waals surface area contributed by atoms with E-state index in [0.29, 0.717) is 11.6 Å². The number of likely N-dealkylation sites (tertiary alicyclic amines) is 1. The average Bonchev–Trinajstić information content (AvgIpc) is 2.78. The number of hydrogen-bond acceptors (Lipinski definition) is 4. The molecule has 0 saturated carbocycles. The van der Waals surface area contributed by atoms with Gasteiger partial charge in [0, 0.05) is 41.6 Å². The number of anilines is 1. The number of rotatable bonds is 6. The van der Waals surface area contributed by atoms with E-state index < -0.39 is 0 Å². The molecule has 1 aliphatic rings. The predicted molar refractivity (Wildman–Crippen MR) is 124 cm³/mol. The Hall–Kier alpha value is -3.12. The lowest BCUT2D eigenvalue weighted by molar-refractivity contribution is -0.115. The van der Waals surface area contributed by atoms with Gasteiger partial charge in [-0.1, -0.05) is 30.3 Å². The minimum atomic E-state index is -0.330. The number of amides is 1. The number of hydrogen-bond donors (Lipinski definition) is 1. The van der Waals surface area contributed by atoms with Crippen molar-refractivity contribution in [3.63, 3.8) is 0 Å². The molecule has 0 bridgehead atoms. The summed E-state index contributed by atoms with van der Waals surface area (Å²) in [5.74, 6) is 0.682. The largest absolute Gasteiger partial charge is 0.326 e. The summed E-state index contributed by atoms with van der Waals surface area (Å²) in [5.41, 5.74) is 4.45. The van der Waals surface area contributed by atoms with E-state index >= 15 is 0 Å². The van der Waals surface area contributed by atoms with Crippen LogP contribution in [0.5, 0.6) is 0 Å². The lowest BCUT2D eigenvalue weighted by Gasteiger charge is -2.32. The Morgan fingerprint density at radius 3 is 2.44 bits per heavy atom. The summed E-state index contributed by atoms with van der Waals surface area (Å²) in [6.45, 7) is 6.87. The van der Waals surface area contributed by atoms with E-state index in [2.05, 4.69) is 34.5 Å². The third-order valence-corrected chi connectivity index (χ3v) is 6.02. The zero-order valence-electron chi connectivity index (χ0n) is 18.6. The number of carbonyl (C=O) groups is 1. The van der Waals surface area contributed by atoms with Crippen LogP contribution in [0, 0.1) is 19.7 Å². The maximum Gasteiger partial charge on any atom is 0.228 e. The van der Waals surface area contributed by atoms with E-state index in [4.69, 9.17) is 9.97 Å². The number of benzene rings is 2. The van der Waals surface area contributed by atoms with E-state index in [1.807, 2.05) is 19.9 Å². The second kappa shape index (κ2) is 10.0. The third-order valence-electron chi connectivity index (χ3n) is 6.02. The van der Waals surface area contributed by atoms with E-state index in [1.54, 1.807) is 12.1 Å². The molecule has 0 aliphatic carbocycles. The van der Waals surface area contributed by atoms with Gasteiger partial charge in [-0.3, -0.25) is 9.69 Å². The fourth-order valence-electron chi connectivity index (χ4n) is 4.35. The lowest BCUT2D eigenvalue weighted by atomic mass is 9.96. The molecule has 1 aliphatic heterocycles. The van der Waals surface area contributed by atoms with Crippen molar-refractivity contribution in [2.75, 3.05) is 18.4 Å². The summed E-state index contributed by atoms with van der Waals surface area (Å²) in [6, 6.07) is 16.3. The van der Waals surface area contributed by atoms with E-state index in [9.17, 15) is 9.18 Å². The van der Waals surface area contributed by atoms with Crippen LogP contribution in [0.2, 0.25) is 0 Å². The fourth-order valence-corrected chi connectivity index (χ4v) is 4.35. The summed E-state index contributed by atoms with van der Waals surface area (Å²) in [7, 11) is 0. The Morgan fingerprint density at radius 2 is 1.75 bits per heavy atom. The molecule has 32 heavy (non-hydrogen) atoms. The molecule has 1 amide bonds. The molecule has 2 heterocycles. The first-order valence-electron chi connectivity index (χ1n) is 11.1. The quantitative estimate of drug-likeness (QED) is 0.608. The fraction of sp³-hybridized carbons (Fsp3) is 0.346. The Labute approximate surface area is 188 Å². The molecule has 1 aromatic heterocycles. The molecule has 6 heteroatoms. The highest BCUT2D eigenvalue weighted by Gasteiger charge is 2.25. The molecule has 1 saturated heterocycles. The number of halogens is 1. The van der Waals surface area contributed by atoms with Gasteiger partial charge in [0.1, 0.15) is 11.6 Å². The van der Waals surface area contributed by atoms with Crippen molar-refractivity contribution in [2.45, 2.75) is 45.6 Å². The molecular formula is C26H29FN4O. The summed E-state index contributed by atoms with van der Waals surface area (Å²) in [5, 5.41) is 2.81. The Balaban J connectivity index is 1.42. The standard InChI is InChI=1S/C26H29FN4O/c1-18-24(15-25(32)30-23-12-10-22(27)11-13-23)19(2)29-26(28-18)21-9-6-14-31(17-21)16-20-7-4-3-5-8-20/h3-5,7-8,10-13,21H,6,9,14-17H2,1-2H3,(H,30,32)/t21-/m0/s1. The topological polar surface area (TPSA) is 58.1 Å². The first kappa shape index (κ1) is 22.1. The van der Waals surface area contributed by atoms with Gasteiger partial charge in [0.15, 0.2) is 0 Å². The highest BCUT2D eigenvalue weighted by Crippen LogP contribution is 2.27. The molecule has 0 spiro atoms. The molecule has 1 N–H and O–H groups in total. The van der Waals surface area contributed by atoms with Crippen LogP contribution in [0.1, 0.15) is 47.1 Å². The third kappa shape index (κ3) is 5.56. The summed E-state index contributed by atoms with van der Waals surface area (Å²) in [6.07, 6.45) is 2.40. The smallest absolute Gasteiger partial charge is 0.228 e. The van der Waals surface area contributed by atoms with E-state index in [0.717, 1.165) is 55.3 Å². The van der Waals surface area contributed by atoms with Crippen molar-refractivity contribution in [3.05, 3.63) is 88.8 Å². The molecular weight excluding hydrogens is 403 g/mol. The molecule has 0 radical (unpaired) electrons. The Kier molecular flexibility index (Phi) is 6.90.